The molecule has 104 valence electrons. The molecular formula is C12H18N4O2S. The average molecular weight is 282 g/mol. The van der Waals surface area contributed by atoms with Crippen molar-refractivity contribution in [3.63, 3.8) is 0 Å². The molecule has 0 fully saturated rings. The zero-order valence-electron chi connectivity index (χ0n) is 11.5. The van der Waals surface area contributed by atoms with E-state index in [1.807, 2.05) is 13.0 Å². The summed E-state index contributed by atoms with van der Waals surface area (Å²) in [6.45, 7) is 5.58. The summed E-state index contributed by atoms with van der Waals surface area (Å²) in [4.78, 5) is 4.24. The number of aryl methyl sites for hydroxylation is 1. The Bertz CT molecular complexity index is 704. The van der Waals surface area contributed by atoms with Gasteiger partial charge in [-0.15, -0.1) is 0 Å². The first kappa shape index (κ1) is 13.8. The van der Waals surface area contributed by atoms with Crippen LogP contribution in [0.25, 0.3) is 5.52 Å². The molecule has 0 radical (unpaired) electrons. The van der Waals surface area contributed by atoms with E-state index in [1.54, 1.807) is 30.8 Å². The number of sulfone groups is 1. The fourth-order valence-corrected chi connectivity index (χ4v) is 1.94. The van der Waals surface area contributed by atoms with Crippen molar-refractivity contribution >= 4 is 21.2 Å². The predicted molar refractivity (Wildman–Crippen MR) is 75.1 cm³/mol. The normalized spacial score (nSPS) is 12.8. The number of anilines is 1. The van der Waals surface area contributed by atoms with Crippen molar-refractivity contribution < 1.29 is 8.42 Å². The van der Waals surface area contributed by atoms with Crippen molar-refractivity contribution in [2.45, 2.75) is 25.5 Å². The van der Waals surface area contributed by atoms with E-state index in [9.17, 15) is 8.42 Å². The maximum Gasteiger partial charge on any atom is 0.154 e. The lowest BCUT2D eigenvalue weighted by Crippen LogP contribution is -2.38. The first-order valence-corrected chi connectivity index (χ1v) is 7.84. The number of aromatic nitrogens is 3. The second-order valence-electron chi connectivity index (χ2n) is 5.28. The molecule has 0 saturated heterocycles. The topological polar surface area (TPSA) is 76.4 Å². The van der Waals surface area contributed by atoms with Gasteiger partial charge in [-0.3, -0.25) is 0 Å². The fourth-order valence-electron chi connectivity index (χ4n) is 1.61. The molecule has 7 heteroatoms. The second kappa shape index (κ2) is 4.48. The van der Waals surface area contributed by atoms with Crippen LogP contribution in [0, 0.1) is 6.92 Å². The third-order valence-corrected chi connectivity index (χ3v) is 5.35. The quantitative estimate of drug-likeness (QED) is 0.914. The van der Waals surface area contributed by atoms with Gasteiger partial charge in [-0.05, 0) is 26.8 Å². The molecular weight excluding hydrogens is 264 g/mol. The van der Waals surface area contributed by atoms with Crippen molar-refractivity contribution in [3.8, 4) is 0 Å². The van der Waals surface area contributed by atoms with E-state index in [-0.39, 0.29) is 0 Å². The lowest BCUT2D eigenvalue weighted by atomic mass is 10.2. The molecule has 0 aromatic carbocycles. The largest absolute Gasteiger partial charge is 0.367 e. The van der Waals surface area contributed by atoms with E-state index >= 15 is 0 Å². The van der Waals surface area contributed by atoms with E-state index in [0.29, 0.717) is 12.4 Å². The van der Waals surface area contributed by atoms with Gasteiger partial charge in [0.05, 0.1) is 10.4 Å². The molecule has 0 unspecified atom stereocenters. The number of nitrogens with one attached hydrogen (secondary N) is 1. The minimum Gasteiger partial charge on any atom is -0.367 e. The molecule has 0 aliphatic rings. The van der Waals surface area contributed by atoms with Crippen LogP contribution in [0.4, 0.5) is 5.82 Å². The summed E-state index contributed by atoms with van der Waals surface area (Å²) in [5.74, 6) is 0.639. The summed E-state index contributed by atoms with van der Waals surface area (Å²) in [7, 11) is -3.13. The summed E-state index contributed by atoms with van der Waals surface area (Å²) in [6.07, 6.45) is 4.64. The number of hydrogen-bond acceptors (Lipinski definition) is 5. The molecule has 0 spiro atoms. The van der Waals surface area contributed by atoms with Crippen LogP contribution in [0.1, 0.15) is 19.5 Å². The Morgan fingerprint density at radius 2 is 2.11 bits per heavy atom. The van der Waals surface area contributed by atoms with Crippen molar-refractivity contribution in [2.75, 3.05) is 18.1 Å². The first-order valence-electron chi connectivity index (χ1n) is 5.95. The molecule has 0 bridgehead atoms. The highest BCUT2D eigenvalue weighted by Gasteiger charge is 2.30. The van der Waals surface area contributed by atoms with Crippen LogP contribution in [0.15, 0.2) is 18.5 Å². The Hall–Kier alpha value is -1.63. The van der Waals surface area contributed by atoms with Gasteiger partial charge in [-0.1, -0.05) is 0 Å². The van der Waals surface area contributed by atoms with Crippen LogP contribution >= 0.6 is 0 Å². The van der Waals surface area contributed by atoms with Crippen LogP contribution in [0.5, 0.6) is 0 Å². The van der Waals surface area contributed by atoms with Crippen LogP contribution < -0.4 is 5.32 Å². The summed E-state index contributed by atoms with van der Waals surface area (Å²) < 4.78 is 24.2. The van der Waals surface area contributed by atoms with Crippen LogP contribution in [0.2, 0.25) is 0 Å². The summed E-state index contributed by atoms with van der Waals surface area (Å²) >= 11 is 0. The SMILES string of the molecule is Cc1cc2c(NCC(C)(C)S(C)(=O)=O)nccn2n1. The van der Waals surface area contributed by atoms with Crippen LogP contribution in [-0.2, 0) is 9.84 Å². The highest BCUT2D eigenvalue weighted by Crippen LogP contribution is 2.19. The van der Waals surface area contributed by atoms with Crippen molar-refractivity contribution in [2.24, 2.45) is 0 Å². The molecule has 0 aliphatic carbocycles. The molecule has 2 aromatic rings. The summed E-state index contributed by atoms with van der Waals surface area (Å²) in [5.41, 5.74) is 1.72. The van der Waals surface area contributed by atoms with Crippen LogP contribution in [0.3, 0.4) is 0 Å². The van der Waals surface area contributed by atoms with E-state index in [0.717, 1.165) is 11.2 Å². The van der Waals surface area contributed by atoms with E-state index in [1.165, 1.54) is 6.26 Å². The third-order valence-electron chi connectivity index (χ3n) is 3.20. The van der Waals surface area contributed by atoms with Gasteiger partial charge in [0.2, 0.25) is 0 Å². The number of rotatable bonds is 4. The summed E-state index contributed by atoms with van der Waals surface area (Å²) in [5, 5.41) is 7.38. The minimum absolute atomic E-state index is 0.294. The molecule has 6 nitrogen and oxygen atoms in total. The molecule has 0 amide bonds. The maximum absolute atomic E-state index is 11.7. The molecule has 0 aliphatic heterocycles. The Labute approximate surface area is 112 Å². The Balaban J connectivity index is 2.28. The lowest BCUT2D eigenvalue weighted by Gasteiger charge is -2.23. The molecule has 2 aromatic heterocycles. The molecule has 2 rings (SSSR count). The summed E-state index contributed by atoms with van der Waals surface area (Å²) in [6, 6.07) is 1.91. The number of hydrogen-bond donors (Lipinski definition) is 1. The van der Waals surface area contributed by atoms with Gasteiger partial charge in [0.25, 0.3) is 0 Å². The van der Waals surface area contributed by atoms with Gasteiger partial charge >= 0.3 is 0 Å². The molecule has 0 atom stereocenters. The van der Waals surface area contributed by atoms with E-state index < -0.39 is 14.6 Å². The Kier molecular flexibility index (Phi) is 3.25. The highest BCUT2D eigenvalue weighted by molar-refractivity contribution is 7.92. The average Bonchev–Trinajstić information content (AvgIpc) is 2.65. The van der Waals surface area contributed by atoms with Crippen molar-refractivity contribution in [1.29, 1.82) is 0 Å². The van der Waals surface area contributed by atoms with Crippen molar-refractivity contribution in [1.82, 2.24) is 14.6 Å². The van der Waals surface area contributed by atoms with Gasteiger partial charge < -0.3 is 5.32 Å². The molecule has 1 N–H and O–H groups in total. The van der Waals surface area contributed by atoms with Crippen LogP contribution in [-0.4, -0.2) is 40.6 Å². The predicted octanol–water partition coefficient (Wildman–Crippen LogP) is 1.27. The van der Waals surface area contributed by atoms with Gasteiger partial charge in [0, 0.05) is 25.2 Å². The van der Waals surface area contributed by atoms with Gasteiger partial charge in [-0.25, -0.2) is 17.9 Å². The number of nitrogens with zero attached hydrogens (tertiary/aromatic N) is 3. The molecule has 2 heterocycles. The molecule has 0 saturated carbocycles. The van der Waals surface area contributed by atoms with E-state index in [2.05, 4.69) is 15.4 Å². The first-order chi connectivity index (χ1) is 8.71. The Morgan fingerprint density at radius 1 is 1.42 bits per heavy atom. The van der Waals surface area contributed by atoms with Gasteiger partial charge in [0.1, 0.15) is 5.52 Å². The standard InChI is InChI=1S/C12H18N4O2S/c1-9-7-10-11(13-5-6-16(10)15-9)14-8-12(2,3)19(4,17)18/h5-7H,8H2,1-4H3,(H,13,14). The van der Waals surface area contributed by atoms with Gasteiger partial charge in [-0.2, -0.15) is 5.10 Å². The van der Waals surface area contributed by atoms with Gasteiger partial charge in [0.15, 0.2) is 15.7 Å². The smallest absolute Gasteiger partial charge is 0.154 e. The third kappa shape index (κ3) is 2.70. The fraction of sp³-hybridized carbons (Fsp3) is 0.500. The van der Waals surface area contributed by atoms with E-state index in [4.69, 9.17) is 0 Å². The number of fused-ring (bicyclic) bond motifs is 1. The monoisotopic (exact) mass is 282 g/mol. The Morgan fingerprint density at radius 3 is 2.74 bits per heavy atom. The lowest BCUT2D eigenvalue weighted by molar-refractivity contribution is 0.559. The van der Waals surface area contributed by atoms with Crippen molar-refractivity contribution in [3.05, 3.63) is 24.2 Å². The highest BCUT2D eigenvalue weighted by atomic mass is 32.2. The zero-order valence-corrected chi connectivity index (χ0v) is 12.3. The maximum atomic E-state index is 11.7. The zero-order chi connectivity index (χ0) is 14.3. The second-order valence-corrected chi connectivity index (χ2v) is 7.93. The minimum atomic E-state index is -3.13. The molecule has 19 heavy (non-hydrogen) atoms.